The van der Waals surface area contributed by atoms with Crippen molar-refractivity contribution in [3.05, 3.63) is 38.6 Å². The van der Waals surface area contributed by atoms with Gasteiger partial charge in [-0.2, -0.15) is 0 Å². The maximum absolute atomic E-state index is 12.2. The third-order valence-electron chi connectivity index (χ3n) is 3.53. The topological polar surface area (TPSA) is 80.8 Å². The number of hydrogen-bond acceptors (Lipinski definition) is 6. The molecule has 0 radical (unpaired) electrons. The van der Waals surface area contributed by atoms with E-state index in [1.807, 2.05) is 11.4 Å². The van der Waals surface area contributed by atoms with Gasteiger partial charge >= 0.3 is 5.97 Å². The van der Waals surface area contributed by atoms with Crippen LogP contribution >= 0.6 is 27.3 Å². The van der Waals surface area contributed by atoms with Gasteiger partial charge in [-0.3, -0.25) is 4.79 Å². The van der Waals surface area contributed by atoms with Gasteiger partial charge in [0.1, 0.15) is 5.82 Å². The van der Waals surface area contributed by atoms with Crippen LogP contribution < -0.4 is 0 Å². The van der Waals surface area contributed by atoms with E-state index < -0.39 is 6.10 Å². The molecular formula is C17H19BrN4O2S. The SMILES string of the molecule is CC(OC(=O)Cc1csc(C(C)(C)C)n1)c1nc2ncc(Br)cc2[nH]1. The monoisotopic (exact) mass is 422 g/mol. The van der Waals surface area contributed by atoms with Crippen LogP contribution in [-0.4, -0.2) is 25.9 Å². The molecule has 1 N–H and O–H groups in total. The summed E-state index contributed by atoms with van der Waals surface area (Å²) in [6, 6.07) is 1.89. The number of halogens is 1. The maximum atomic E-state index is 12.2. The van der Waals surface area contributed by atoms with Crippen LogP contribution in [0.25, 0.3) is 11.2 Å². The van der Waals surface area contributed by atoms with E-state index in [1.165, 1.54) is 0 Å². The fourth-order valence-corrected chi connectivity index (χ4v) is 3.50. The zero-order valence-electron chi connectivity index (χ0n) is 14.5. The van der Waals surface area contributed by atoms with Gasteiger partial charge in [0.15, 0.2) is 11.8 Å². The van der Waals surface area contributed by atoms with Gasteiger partial charge in [-0.05, 0) is 28.9 Å². The molecule has 0 bridgehead atoms. The van der Waals surface area contributed by atoms with E-state index >= 15 is 0 Å². The molecule has 6 nitrogen and oxygen atoms in total. The number of esters is 1. The van der Waals surface area contributed by atoms with Gasteiger partial charge in [0, 0.05) is 21.5 Å². The molecule has 132 valence electrons. The summed E-state index contributed by atoms with van der Waals surface area (Å²) in [6.07, 6.45) is 1.35. The lowest BCUT2D eigenvalue weighted by atomic mass is 9.98. The van der Waals surface area contributed by atoms with Crippen molar-refractivity contribution in [2.45, 2.75) is 45.6 Å². The molecule has 1 atom stereocenters. The molecule has 0 aliphatic rings. The summed E-state index contributed by atoms with van der Waals surface area (Å²) in [5, 5.41) is 2.92. The first-order valence-electron chi connectivity index (χ1n) is 7.88. The zero-order valence-corrected chi connectivity index (χ0v) is 16.9. The van der Waals surface area contributed by atoms with E-state index in [0.717, 1.165) is 20.7 Å². The smallest absolute Gasteiger partial charge is 0.312 e. The molecule has 3 rings (SSSR count). The summed E-state index contributed by atoms with van der Waals surface area (Å²) < 4.78 is 6.35. The molecule has 0 spiro atoms. The second-order valence-electron chi connectivity index (χ2n) is 6.85. The summed E-state index contributed by atoms with van der Waals surface area (Å²) in [6.45, 7) is 8.09. The number of rotatable bonds is 4. The van der Waals surface area contributed by atoms with Crippen molar-refractivity contribution in [1.29, 1.82) is 0 Å². The molecule has 0 aromatic carbocycles. The third kappa shape index (κ3) is 4.24. The van der Waals surface area contributed by atoms with Crippen LogP contribution in [0.5, 0.6) is 0 Å². The lowest BCUT2D eigenvalue weighted by Gasteiger charge is -2.13. The number of H-pyrrole nitrogens is 1. The Morgan fingerprint density at radius 2 is 2.16 bits per heavy atom. The number of fused-ring (bicyclic) bond motifs is 1. The molecule has 3 aromatic rings. The minimum Gasteiger partial charge on any atom is -0.454 e. The number of pyridine rings is 1. The summed E-state index contributed by atoms with van der Waals surface area (Å²) in [7, 11) is 0. The van der Waals surface area contributed by atoms with E-state index in [2.05, 4.69) is 56.6 Å². The fraction of sp³-hybridized carbons (Fsp3) is 0.412. The van der Waals surface area contributed by atoms with Crippen molar-refractivity contribution in [3.8, 4) is 0 Å². The molecule has 3 heterocycles. The number of hydrogen-bond donors (Lipinski definition) is 1. The number of thiazole rings is 1. The van der Waals surface area contributed by atoms with Gasteiger partial charge in [-0.25, -0.2) is 15.0 Å². The van der Waals surface area contributed by atoms with E-state index in [1.54, 1.807) is 24.5 Å². The fourth-order valence-electron chi connectivity index (χ4n) is 2.26. The molecule has 0 aliphatic heterocycles. The minimum absolute atomic E-state index is 0.0182. The van der Waals surface area contributed by atoms with Crippen LogP contribution in [0.4, 0.5) is 0 Å². The molecule has 3 aromatic heterocycles. The van der Waals surface area contributed by atoms with E-state index in [0.29, 0.717) is 11.5 Å². The highest BCUT2D eigenvalue weighted by Crippen LogP contribution is 2.26. The van der Waals surface area contributed by atoms with Gasteiger partial charge in [-0.1, -0.05) is 20.8 Å². The average Bonchev–Trinajstić information content (AvgIpc) is 3.12. The second-order valence-corrected chi connectivity index (χ2v) is 8.62. The Labute approximate surface area is 158 Å². The minimum atomic E-state index is -0.485. The van der Waals surface area contributed by atoms with Crippen LogP contribution in [0.15, 0.2) is 22.1 Å². The number of carbonyl (C=O) groups is 1. The normalized spacial score (nSPS) is 13.2. The second kappa shape index (κ2) is 6.84. The maximum Gasteiger partial charge on any atom is 0.312 e. The van der Waals surface area contributed by atoms with Gasteiger partial charge in [-0.15, -0.1) is 11.3 Å². The average molecular weight is 423 g/mol. The predicted molar refractivity (Wildman–Crippen MR) is 101 cm³/mol. The van der Waals surface area contributed by atoms with Crippen molar-refractivity contribution in [1.82, 2.24) is 19.9 Å². The van der Waals surface area contributed by atoms with Crippen molar-refractivity contribution in [2.24, 2.45) is 0 Å². The van der Waals surface area contributed by atoms with Crippen molar-refractivity contribution in [2.75, 3.05) is 0 Å². The molecule has 0 saturated carbocycles. The first-order valence-corrected chi connectivity index (χ1v) is 9.55. The highest BCUT2D eigenvalue weighted by Gasteiger charge is 2.21. The Kier molecular flexibility index (Phi) is 4.92. The number of aromatic nitrogens is 4. The Morgan fingerprint density at radius 1 is 1.40 bits per heavy atom. The van der Waals surface area contributed by atoms with Crippen LogP contribution in [0.3, 0.4) is 0 Å². The molecule has 0 amide bonds. The summed E-state index contributed by atoms with van der Waals surface area (Å²) >= 11 is 4.94. The summed E-state index contributed by atoms with van der Waals surface area (Å²) in [4.78, 5) is 28.5. The Morgan fingerprint density at radius 3 is 2.84 bits per heavy atom. The molecule has 25 heavy (non-hydrogen) atoms. The number of imidazole rings is 1. The van der Waals surface area contributed by atoms with Crippen molar-refractivity contribution >= 4 is 44.4 Å². The van der Waals surface area contributed by atoms with Crippen LogP contribution in [0.2, 0.25) is 0 Å². The van der Waals surface area contributed by atoms with Crippen LogP contribution in [0, 0.1) is 0 Å². The number of nitrogens with one attached hydrogen (secondary N) is 1. The highest BCUT2D eigenvalue weighted by atomic mass is 79.9. The number of nitrogens with zero attached hydrogens (tertiary/aromatic N) is 3. The van der Waals surface area contributed by atoms with Gasteiger partial charge in [0.25, 0.3) is 0 Å². The highest BCUT2D eigenvalue weighted by molar-refractivity contribution is 9.10. The van der Waals surface area contributed by atoms with E-state index in [9.17, 15) is 4.79 Å². The van der Waals surface area contributed by atoms with E-state index in [-0.39, 0.29) is 17.8 Å². The summed E-state index contributed by atoms with van der Waals surface area (Å²) in [5.74, 6) is 0.246. The Hall–Kier alpha value is -1.80. The summed E-state index contributed by atoms with van der Waals surface area (Å²) in [5.41, 5.74) is 2.11. The van der Waals surface area contributed by atoms with Crippen molar-refractivity contribution in [3.63, 3.8) is 0 Å². The molecule has 8 heteroatoms. The Bertz CT molecular complexity index is 913. The lowest BCUT2D eigenvalue weighted by molar-refractivity contribution is -0.148. The number of ether oxygens (including phenoxy) is 1. The molecule has 0 fully saturated rings. The van der Waals surface area contributed by atoms with E-state index in [4.69, 9.17) is 4.74 Å². The van der Waals surface area contributed by atoms with Crippen molar-refractivity contribution < 1.29 is 9.53 Å². The van der Waals surface area contributed by atoms with Gasteiger partial charge in [0.05, 0.1) is 22.6 Å². The first-order chi connectivity index (χ1) is 11.7. The largest absolute Gasteiger partial charge is 0.454 e. The number of aromatic amines is 1. The van der Waals surface area contributed by atoms with Gasteiger partial charge < -0.3 is 9.72 Å². The molecule has 1 unspecified atom stereocenters. The lowest BCUT2D eigenvalue weighted by Crippen LogP contribution is -2.14. The number of carbonyl (C=O) groups excluding carboxylic acids is 1. The van der Waals surface area contributed by atoms with Crippen LogP contribution in [0.1, 0.15) is 50.3 Å². The van der Waals surface area contributed by atoms with Crippen LogP contribution in [-0.2, 0) is 21.4 Å². The first kappa shape index (κ1) is 18.0. The molecule has 0 saturated heterocycles. The van der Waals surface area contributed by atoms with Gasteiger partial charge in [0.2, 0.25) is 0 Å². The third-order valence-corrected chi connectivity index (χ3v) is 5.28. The zero-order chi connectivity index (χ0) is 18.2. The Balaban J connectivity index is 1.66. The quantitative estimate of drug-likeness (QED) is 0.632. The molecule has 0 aliphatic carbocycles. The molecular weight excluding hydrogens is 404 g/mol. The predicted octanol–water partition coefficient (Wildman–Crippen LogP) is 4.32. The standard InChI is InChI=1S/C17H19BrN4O2S/c1-9(14-21-12-5-10(18)7-19-15(12)22-14)24-13(23)6-11-8-25-16(20-11)17(2,3)4/h5,7-9H,6H2,1-4H3,(H,19,21,22).